The van der Waals surface area contributed by atoms with Crippen molar-refractivity contribution >= 4 is 0 Å². The van der Waals surface area contributed by atoms with E-state index < -0.39 is 24.6 Å². The standard InChI is InChI=1S/C38H64O5/c1-9-10-16-38-19-13-24(23(2)3)30(38)25-11-12-28-35(6)17-15-29(43-33-32(41)31(40)26(39)22-42-33)34(4,5)27(35)14-18-37(28,8)36(25,7)20-21-38/h24-33,39-41H,2,9-22H2,1,3-8H3/t24-,25+,26-,27-,28+,29-,30+,31-,32+,33-,35-,36+,37+,38+/m0/s1. The van der Waals surface area contributed by atoms with Gasteiger partial charge in [-0.05, 0) is 134 Å². The minimum absolute atomic E-state index is 0.00960. The van der Waals surface area contributed by atoms with E-state index >= 15 is 0 Å². The molecule has 1 heterocycles. The molecule has 5 aliphatic carbocycles. The molecular formula is C38H64O5. The second-order valence-corrected chi connectivity index (χ2v) is 17.9. The lowest BCUT2D eigenvalue weighted by Crippen LogP contribution is -2.67. The molecule has 6 fully saturated rings. The Labute approximate surface area is 262 Å². The fourth-order valence-corrected chi connectivity index (χ4v) is 13.5. The number of rotatable bonds is 6. The molecule has 3 N–H and O–H groups in total. The molecule has 1 saturated heterocycles. The Morgan fingerprint density at radius 3 is 2.28 bits per heavy atom. The number of aliphatic hydroxyl groups is 3. The fraction of sp³-hybridized carbons (Fsp3) is 0.947. The predicted molar refractivity (Wildman–Crippen MR) is 171 cm³/mol. The molecule has 5 nitrogen and oxygen atoms in total. The number of aliphatic hydroxyl groups excluding tert-OH is 3. The maximum Gasteiger partial charge on any atom is 0.186 e. The van der Waals surface area contributed by atoms with Crippen molar-refractivity contribution in [2.45, 2.75) is 163 Å². The van der Waals surface area contributed by atoms with Crippen LogP contribution in [-0.2, 0) is 9.47 Å². The van der Waals surface area contributed by atoms with Gasteiger partial charge in [-0.3, -0.25) is 0 Å². The van der Waals surface area contributed by atoms with Gasteiger partial charge in [-0.15, -0.1) is 0 Å². The lowest BCUT2D eigenvalue weighted by Gasteiger charge is -2.73. The normalized spacial score (nSPS) is 54.2. The highest BCUT2D eigenvalue weighted by molar-refractivity contribution is 5.21. The van der Waals surface area contributed by atoms with E-state index in [-0.39, 0.29) is 23.5 Å². The summed E-state index contributed by atoms with van der Waals surface area (Å²) in [5.74, 6) is 3.58. The van der Waals surface area contributed by atoms with E-state index in [1.54, 1.807) is 0 Å². The summed E-state index contributed by atoms with van der Waals surface area (Å²) in [5.41, 5.74) is 2.88. The molecule has 5 heteroatoms. The summed E-state index contributed by atoms with van der Waals surface area (Å²) in [6.45, 7) is 22.1. The van der Waals surface area contributed by atoms with E-state index in [1.165, 1.54) is 76.2 Å². The van der Waals surface area contributed by atoms with Crippen molar-refractivity contribution in [2.24, 2.45) is 56.7 Å². The Kier molecular flexibility index (Phi) is 8.36. The van der Waals surface area contributed by atoms with E-state index in [0.717, 1.165) is 24.7 Å². The summed E-state index contributed by atoms with van der Waals surface area (Å²) in [4.78, 5) is 0. The van der Waals surface area contributed by atoms with Crippen molar-refractivity contribution in [1.29, 1.82) is 0 Å². The maximum absolute atomic E-state index is 10.6. The maximum atomic E-state index is 10.6. The number of unbranched alkanes of at least 4 members (excludes halogenated alkanes) is 1. The number of ether oxygens (including phenoxy) is 2. The first-order valence-electron chi connectivity index (χ1n) is 18.1. The zero-order valence-corrected chi connectivity index (χ0v) is 28.5. The van der Waals surface area contributed by atoms with Crippen LogP contribution < -0.4 is 0 Å². The molecule has 6 rings (SSSR count). The average molecular weight is 601 g/mol. The van der Waals surface area contributed by atoms with Gasteiger partial charge < -0.3 is 24.8 Å². The smallest absolute Gasteiger partial charge is 0.186 e. The number of fused-ring (bicyclic) bond motifs is 7. The van der Waals surface area contributed by atoms with Crippen molar-refractivity contribution in [1.82, 2.24) is 0 Å². The summed E-state index contributed by atoms with van der Waals surface area (Å²) in [6.07, 6.45) is 12.6. The van der Waals surface area contributed by atoms with E-state index in [4.69, 9.17) is 9.47 Å². The average Bonchev–Trinajstić information content (AvgIpc) is 3.34. The third kappa shape index (κ3) is 4.62. The Bertz CT molecular complexity index is 1060. The molecule has 0 amide bonds. The third-order valence-electron chi connectivity index (χ3n) is 16.0. The molecular weight excluding hydrogens is 536 g/mol. The molecule has 43 heavy (non-hydrogen) atoms. The van der Waals surface area contributed by atoms with Gasteiger partial charge >= 0.3 is 0 Å². The van der Waals surface area contributed by atoms with Crippen LogP contribution in [0.4, 0.5) is 0 Å². The van der Waals surface area contributed by atoms with Gasteiger partial charge in [0, 0.05) is 0 Å². The van der Waals surface area contributed by atoms with Crippen LogP contribution in [-0.4, -0.2) is 52.6 Å². The zero-order valence-electron chi connectivity index (χ0n) is 28.5. The Hall–Kier alpha value is -0.460. The molecule has 0 aromatic carbocycles. The lowest BCUT2D eigenvalue weighted by atomic mass is 9.32. The molecule has 0 aromatic rings. The molecule has 5 saturated carbocycles. The molecule has 0 aromatic heterocycles. The Balaban J connectivity index is 1.26. The lowest BCUT2D eigenvalue weighted by molar-refractivity contribution is -0.311. The molecule has 246 valence electrons. The van der Waals surface area contributed by atoms with Gasteiger partial charge in [0.05, 0.1) is 12.7 Å². The Morgan fingerprint density at radius 1 is 0.837 bits per heavy atom. The molecule has 6 aliphatic rings. The van der Waals surface area contributed by atoms with Crippen molar-refractivity contribution in [3.63, 3.8) is 0 Å². The third-order valence-corrected chi connectivity index (χ3v) is 16.0. The second kappa shape index (κ2) is 11.1. The van der Waals surface area contributed by atoms with Gasteiger partial charge in [-0.1, -0.05) is 66.5 Å². The summed E-state index contributed by atoms with van der Waals surface area (Å²) >= 11 is 0. The first kappa shape index (κ1) is 32.5. The molecule has 0 bridgehead atoms. The highest BCUT2D eigenvalue weighted by atomic mass is 16.7. The van der Waals surface area contributed by atoms with Crippen LogP contribution in [0.2, 0.25) is 0 Å². The van der Waals surface area contributed by atoms with Crippen LogP contribution in [0.1, 0.15) is 132 Å². The highest BCUT2D eigenvalue weighted by Gasteiger charge is 2.71. The van der Waals surface area contributed by atoms with Gasteiger partial charge in [-0.25, -0.2) is 0 Å². The zero-order chi connectivity index (χ0) is 31.2. The largest absolute Gasteiger partial charge is 0.388 e. The van der Waals surface area contributed by atoms with Crippen LogP contribution in [0.15, 0.2) is 12.2 Å². The summed E-state index contributed by atoms with van der Waals surface area (Å²) in [6, 6.07) is 0. The predicted octanol–water partition coefficient (Wildman–Crippen LogP) is 7.66. The van der Waals surface area contributed by atoms with Crippen molar-refractivity contribution < 1.29 is 24.8 Å². The van der Waals surface area contributed by atoms with Gasteiger partial charge in [0.15, 0.2) is 6.29 Å². The van der Waals surface area contributed by atoms with Crippen molar-refractivity contribution in [2.75, 3.05) is 6.61 Å². The summed E-state index contributed by atoms with van der Waals surface area (Å²) in [5, 5.41) is 30.9. The monoisotopic (exact) mass is 600 g/mol. The second-order valence-electron chi connectivity index (χ2n) is 17.9. The van der Waals surface area contributed by atoms with Crippen molar-refractivity contribution in [3.8, 4) is 0 Å². The van der Waals surface area contributed by atoms with Gasteiger partial charge in [-0.2, -0.15) is 0 Å². The van der Waals surface area contributed by atoms with Crippen LogP contribution in [0.3, 0.4) is 0 Å². The minimum atomic E-state index is -1.23. The van der Waals surface area contributed by atoms with Crippen LogP contribution in [0.25, 0.3) is 0 Å². The van der Waals surface area contributed by atoms with Gasteiger partial charge in [0.25, 0.3) is 0 Å². The number of allylic oxidation sites excluding steroid dienone is 1. The number of hydrogen-bond acceptors (Lipinski definition) is 5. The first-order valence-corrected chi connectivity index (χ1v) is 18.1. The van der Waals surface area contributed by atoms with E-state index in [9.17, 15) is 15.3 Å². The Morgan fingerprint density at radius 2 is 1.58 bits per heavy atom. The molecule has 0 unspecified atom stereocenters. The van der Waals surface area contributed by atoms with Crippen molar-refractivity contribution in [3.05, 3.63) is 12.2 Å². The molecule has 0 radical (unpaired) electrons. The molecule has 0 spiro atoms. The van der Waals surface area contributed by atoms with Gasteiger partial charge in [0.1, 0.15) is 18.3 Å². The molecule has 1 aliphatic heterocycles. The minimum Gasteiger partial charge on any atom is -0.388 e. The first-order chi connectivity index (χ1) is 20.2. The molecule has 14 atom stereocenters. The van der Waals surface area contributed by atoms with Crippen LogP contribution >= 0.6 is 0 Å². The van der Waals surface area contributed by atoms with Crippen LogP contribution in [0, 0.1) is 56.7 Å². The SMILES string of the molecule is C=C(C)[C@@H]1CC[C@]2(CCCC)CC[C@]3(C)[C@H](CC[C@@H]4[C@@]5(C)CC[C@H](O[C@@H]6OC[C@H](O)[C@H](O)[C@H]6O)C(C)(C)[C@@H]5CC[C@]43C)[C@@H]12. The topological polar surface area (TPSA) is 79.2 Å². The summed E-state index contributed by atoms with van der Waals surface area (Å²) in [7, 11) is 0. The van der Waals surface area contributed by atoms with Crippen LogP contribution in [0.5, 0.6) is 0 Å². The highest BCUT2D eigenvalue weighted by Crippen LogP contribution is 2.78. The van der Waals surface area contributed by atoms with E-state index in [1.807, 2.05) is 0 Å². The van der Waals surface area contributed by atoms with E-state index in [2.05, 4.69) is 55.0 Å². The summed E-state index contributed by atoms with van der Waals surface area (Å²) < 4.78 is 12.2. The number of hydrogen-bond donors (Lipinski definition) is 3. The fourth-order valence-electron chi connectivity index (χ4n) is 13.5. The quantitative estimate of drug-likeness (QED) is 0.216. The van der Waals surface area contributed by atoms with Gasteiger partial charge in [0.2, 0.25) is 0 Å². The van der Waals surface area contributed by atoms with E-state index in [0.29, 0.717) is 34.0 Å².